The Morgan fingerprint density at radius 1 is 1.13 bits per heavy atom. The van der Waals surface area contributed by atoms with E-state index in [0.29, 0.717) is 10.9 Å². The van der Waals surface area contributed by atoms with Gasteiger partial charge in [0.2, 0.25) is 0 Å². The van der Waals surface area contributed by atoms with Gasteiger partial charge in [0, 0.05) is 49.7 Å². The number of hydrogen-bond acceptors (Lipinski definition) is 6. The highest BCUT2D eigenvalue weighted by molar-refractivity contribution is 7.90. The van der Waals surface area contributed by atoms with Gasteiger partial charge in [-0.1, -0.05) is 0 Å². The Labute approximate surface area is 141 Å². The van der Waals surface area contributed by atoms with Gasteiger partial charge in [-0.3, -0.25) is 4.90 Å². The smallest absolute Gasteiger partial charge is 0.175 e. The lowest BCUT2D eigenvalue weighted by molar-refractivity contribution is 0.198. The first-order valence-corrected chi connectivity index (χ1v) is 10.4. The van der Waals surface area contributed by atoms with E-state index < -0.39 is 9.84 Å². The average molecular weight is 351 g/mol. The first kappa shape index (κ1) is 16.4. The lowest BCUT2D eigenvalue weighted by Gasteiger charge is -2.38. The lowest BCUT2D eigenvalue weighted by Crippen LogP contribution is -2.47. The highest BCUT2D eigenvalue weighted by Crippen LogP contribution is 2.25. The van der Waals surface area contributed by atoms with Crippen molar-refractivity contribution in [2.24, 2.45) is 0 Å². The van der Waals surface area contributed by atoms with Crippen LogP contribution in [0.15, 0.2) is 40.7 Å². The maximum Gasteiger partial charge on any atom is 0.175 e. The van der Waals surface area contributed by atoms with Crippen LogP contribution in [0.2, 0.25) is 0 Å². The SMILES string of the molecule is CC(c1nccs1)N1CCN(c2ccc(S(C)(=O)=O)cc2)CC1. The number of thiazole rings is 1. The van der Waals surface area contributed by atoms with Crippen LogP contribution >= 0.6 is 11.3 Å². The number of rotatable bonds is 4. The molecule has 23 heavy (non-hydrogen) atoms. The molecule has 1 aliphatic rings. The van der Waals surface area contributed by atoms with Crippen LogP contribution in [0.1, 0.15) is 18.0 Å². The monoisotopic (exact) mass is 351 g/mol. The van der Waals surface area contributed by atoms with Gasteiger partial charge in [-0.05, 0) is 31.2 Å². The summed E-state index contributed by atoms with van der Waals surface area (Å²) in [6, 6.07) is 7.53. The van der Waals surface area contributed by atoms with Crippen LogP contribution in [-0.2, 0) is 9.84 Å². The molecule has 0 N–H and O–H groups in total. The molecule has 1 unspecified atom stereocenters. The fourth-order valence-electron chi connectivity index (χ4n) is 2.87. The second kappa shape index (κ2) is 6.59. The number of piperazine rings is 1. The summed E-state index contributed by atoms with van der Waals surface area (Å²) in [6.45, 7) is 6.04. The van der Waals surface area contributed by atoms with Crippen molar-refractivity contribution in [3.63, 3.8) is 0 Å². The minimum Gasteiger partial charge on any atom is -0.369 e. The van der Waals surface area contributed by atoms with E-state index in [4.69, 9.17) is 0 Å². The van der Waals surface area contributed by atoms with E-state index in [0.717, 1.165) is 36.9 Å². The Morgan fingerprint density at radius 3 is 2.30 bits per heavy atom. The number of hydrogen-bond donors (Lipinski definition) is 0. The first-order valence-electron chi connectivity index (χ1n) is 7.63. The Balaban J connectivity index is 1.63. The van der Waals surface area contributed by atoms with E-state index in [1.807, 2.05) is 23.7 Å². The molecule has 7 heteroatoms. The molecule has 0 saturated carbocycles. The molecule has 1 fully saturated rings. The fraction of sp³-hybridized carbons (Fsp3) is 0.438. The highest BCUT2D eigenvalue weighted by Gasteiger charge is 2.23. The van der Waals surface area contributed by atoms with Gasteiger partial charge in [0.15, 0.2) is 9.84 Å². The molecule has 2 aromatic rings. The van der Waals surface area contributed by atoms with Crippen molar-refractivity contribution in [3.8, 4) is 0 Å². The molecule has 1 aromatic heterocycles. The minimum absolute atomic E-state index is 0.352. The van der Waals surface area contributed by atoms with Gasteiger partial charge in [-0.2, -0.15) is 0 Å². The molecule has 1 aromatic carbocycles. The van der Waals surface area contributed by atoms with E-state index in [-0.39, 0.29) is 0 Å². The van der Waals surface area contributed by atoms with Crippen LogP contribution in [0.5, 0.6) is 0 Å². The molecule has 1 atom stereocenters. The molecular formula is C16H21N3O2S2. The molecule has 3 rings (SSSR count). The third-order valence-corrected chi connectivity index (χ3v) is 6.38. The molecular weight excluding hydrogens is 330 g/mol. The fourth-order valence-corrected chi connectivity index (χ4v) is 4.23. The minimum atomic E-state index is -3.13. The maximum atomic E-state index is 11.5. The van der Waals surface area contributed by atoms with E-state index in [9.17, 15) is 8.42 Å². The van der Waals surface area contributed by atoms with E-state index in [1.165, 1.54) is 6.26 Å². The van der Waals surface area contributed by atoms with E-state index >= 15 is 0 Å². The lowest BCUT2D eigenvalue weighted by atomic mass is 10.2. The number of nitrogens with zero attached hydrogens (tertiary/aromatic N) is 3. The second-order valence-corrected chi connectivity index (χ2v) is 8.78. The summed E-state index contributed by atoms with van der Waals surface area (Å²) < 4.78 is 23.1. The third-order valence-electron chi connectivity index (χ3n) is 4.30. The predicted molar refractivity (Wildman–Crippen MR) is 93.9 cm³/mol. The molecule has 5 nitrogen and oxygen atoms in total. The molecule has 124 valence electrons. The number of benzene rings is 1. The van der Waals surface area contributed by atoms with Crippen LogP contribution in [0.4, 0.5) is 5.69 Å². The normalized spacial score (nSPS) is 18.1. The van der Waals surface area contributed by atoms with Gasteiger partial charge in [0.25, 0.3) is 0 Å². The van der Waals surface area contributed by atoms with Gasteiger partial charge in [0.1, 0.15) is 5.01 Å². The van der Waals surface area contributed by atoms with Crippen LogP contribution in [0, 0.1) is 0 Å². The number of sulfone groups is 1. The molecule has 0 spiro atoms. The predicted octanol–water partition coefficient (Wildman–Crippen LogP) is 2.43. The average Bonchev–Trinajstić information content (AvgIpc) is 3.08. The summed E-state index contributed by atoms with van der Waals surface area (Å²) >= 11 is 1.70. The van der Waals surface area contributed by atoms with Gasteiger partial charge >= 0.3 is 0 Å². The van der Waals surface area contributed by atoms with Gasteiger partial charge in [-0.15, -0.1) is 11.3 Å². The summed E-state index contributed by atoms with van der Waals surface area (Å²) in [6.07, 6.45) is 3.09. The van der Waals surface area contributed by atoms with Crippen molar-refractivity contribution < 1.29 is 8.42 Å². The Hall–Kier alpha value is -1.44. The molecule has 2 heterocycles. The Morgan fingerprint density at radius 2 is 1.78 bits per heavy atom. The van der Waals surface area contributed by atoms with Crippen molar-refractivity contribution in [2.75, 3.05) is 37.3 Å². The Kier molecular flexibility index (Phi) is 4.70. The van der Waals surface area contributed by atoms with E-state index in [1.54, 1.807) is 23.5 Å². The summed E-state index contributed by atoms with van der Waals surface area (Å²) in [5, 5.41) is 3.18. The maximum absolute atomic E-state index is 11.5. The molecule has 0 radical (unpaired) electrons. The van der Waals surface area contributed by atoms with Crippen LogP contribution in [-0.4, -0.2) is 50.7 Å². The zero-order valence-electron chi connectivity index (χ0n) is 13.3. The van der Waals surface area contributed by atoms with Crippen molar-refractivity contribution in [1.82, 2.24) is 9.88 Å². The van der Waals surface area contributed by atoms with Crippen LogP contribution in [0.3, 0.4) is 0 Å². The molecule has 1 aliphatic heterocycles. The quantitative estimate of drug-likeness (QED) is 0.847. The highest BCUT2D eigenvalue weighted by atomic mass is 32.2. The van der Waals surface area contributed by atoms with E-state index in [2.05, 4.69) is 21.7 Å². The molecule has 0 aliphatic carbocycles. The standard InChI is InChI=1S/C16H21N3O2S2/c1-13(16-17-7-12-22-16)18-8-10-19(11-9-18)14-3-5-15(6-4-14)23(2,20)21/h3-7,12-13H,8-11H2,1-2H3. The van der Waals surface area contributed by atoms with Crippen molar-refractivity contribution in [3.05, 3.63) is 40.8 Å². The third kappa shape index (κ3) is 3.73. The topological polar surface area (TPSA) is 53.5 Å². The van der Waals surface area contributed by atoms with Crippen molar-refractivity contribution in [2.45, 2.75) is 17.9 Å². The van der Waals surface area contributed by atoms with Crippen LogP contribution in [0.25, 0.3) is 0 Å². The zero-order valence-corrected chi connectivity index (χ0v) is 15.0. The molecule has 0 bridgehead atoms. The summed E-state index contributed by atoms with van der Waals surface area (Å²) in [5.74, 6) is 0. The number of anilines is 1. The summed E-state index contributed by atoms with van der Waals surface area (Å²) in [4.78, 5) is 9.53. The number of aromatic nitrogens is 1. The van der Waals surface area contributed by atoms with Gasteiger partial charge in [0.05, 0.1) is 10.9 Å². The molecule has 1 saturated heterocycles. The largest absolute Gasteiger partial charge is 0.369 e. The first-order chi connectivity index (χ1) is 10.9. The van der Waals surface area contributed by atoms with Crippen molar-refractivity contribution in [1.29, 1.82) is 0 Å². The molecule has 0 amide bonds. The van der Waals surface area contributed by atoms with Gasteiger partial charge in [-0.25, -0.2) is 13.4 Å². The Bertz CT molecular complexity index is 734. The van der Waals surface area contributed by atoms with Gasteiger partial charge < -0.3 is 4.90 Å². The summed E-state index contributed by atoms with van der Waals surface area (Å²) in [7, 11) is -3.13. The summed E-state index contributed by atoms with van der Waals surface area (Å²) in [5.41, 5.74) is 1.08. The van der Waals surface area contributed by atoms with Crippen LogP contribution < -0.4 is 4.90 Å². The second-order valence-electron chi connectivity index (χ2n) is 5.84. The zero-order chi connectivity index (χ0) is 16.4. The van der Waals surface area contributed by atoms with Crippen molar-refractivity contribution >= 4 is 26.9 Å².